The van der Waals surface area contributed by atoms with Gasteiger partial charge >= 0.3 is 0 Å². The Morgan fingerprint density at radius 2 is 2.05 bits per heavy atom. The van der Waals surface area contributed by atoms with Crippen LogP contribution in [0, 0.1) is 16.3 Å². The number of benzene rings is 2. The van der Waals surface area contributed by atoms with Crippen LogP contribution in [0.2, 0.25) is 0 Å². The third-order valence-corrected chi connectivity index (χ3v) is 3.93. The van der Waals surface area contributed by atoms with Gasteiger partial charge in [0.05, 0.1) is 7.11 Å². The lowest BCUT2D eigenvalue weighted by atomic mass is 9.96. The predicted molar refractivity (Wildman–Crippen MR) is 82.5 cm³/mol. The summed E-state index contributed by atoms with van der Waals surface area (Å²) in [5.74, 6) is 0.865. The van der Waals surface area contributed by atoms with Gasteiger partial charge in [-0.1, -0.05) is 25.1 Å². The van der Waals surface area contributed by atoms with Gasteiger partial charge in [-0.3, -0.25) is 4.99 Å². The van der Waals surface area contributed by atoms with Gasteiger partial charge in [-0.15, -0.1) is 0 Å². The van der Waals surface area contributed by atoms with Crippen molar-refractivity contribution in [2.45, 2.75) is 19.8 Å². The van der Waals surface area contributed by atoms with Crippen molar-refractivity contribution in [2.24, 2.45) is 4.99 Å². The average Bonchev–Trinajstić information content (AvgIpc) is 2.51. The molecule has 0 atom stereocenters. The van der Waals surface area contributed by atoms with Crippen molar-refractivity contribution in [3.8, 4) is 5.75 Å². The molecule has 0 radical (unpaired) electrons. The first-order valence-corrected chi connectivity index (χ1v) is 7.23. The van der Waals surface area contributed by atoms with E-state index >= 15 is 0 Å². The minimum absolute atomic E-state index is 0.0579. The van der Waals surface area contributed by atoms with Crippen LogP contribution in [-0.4, -0.2) is 19.4 Å². The molecule has 1 heterocycles. The summed E-state index contributed by atoms with van der Waals surface area (Å²) < 4.78 is 17.2. The average molecular weight is 283 g/mol. The Kier molecular flexibility index (Phi) is 3.74. The molecule has 0 unspecified atom stereocenters. The van der Waals surface area contributed by atoms with E-state index in [2.05, 4.69) is 24.0 Å². The third-order valence-electron chi connectivity index (χ3n) is 3.93. The molecule has 2 nitrogen and oxygen atoms in total. The summed E-state index contributed by atoms with van der Waals surface area (Å²) in [5, 5.41) is 1.87. The second-order valence-corrected chi connectivity index (χ2v) is 5.15. The minimum Gasteiger partial charge on any atom is -0.497 e. The van der Waals surface area contributed by atoms with Crippen molar-refractivity contribution >= 4 is 5.71 Å². The maximum Gasteiger partial charge on any atom is 0.131 e. The summed E-state index contributed by atoms with van der Waals surface area (Å²) in [4.78, 5) is 4.53. The number of hydrogen-bond donors (Lipinski definition) is 0. The number of nitrogens with zero attached hydrogens (tertiary/aromatic N) is 1. The Morgan fingerprint density at radius 1 is 1.19 bits per heavy atom. The van der Waals surface area contributed by atoms with Gasteiger partial charge in [-0.25, -0.2) is 4.39 Å². The zero-order valence-corrected chi connectivity index (χ0v) is 12.3. The van der Waals surface area contributed by atoms with E-state index in [1.165, 1.54) is 22.9 Å². The van der Waals surface area contributed by atoms with E-state index in [1.54, 1.807) is 13.2 Å². The third kappa shape index (κ3) is 2.56. The van der Waals surface area contributed by atoms with Crippen LogP contribution >= 0.6 is 0 Å². The molecule has 0 amide bonds. The largest absolute Gasteiger partial charge is 0.497 e. The lowest BCUT2D eigenvalue weighted by molar-refractivity contribution is 0.414. The SMILES string of the molecule is CCC1=NCCc2ccc(OC)cc21.Fc1cc2ccc1=2. The number of halogens is 1. The monoisotopic (exact) mass is 283 g/mol. The first kappa shape index (κ1) is 13.8. The molecule has 3 aliphatic rings. The maximum atomic E-state index is 12.0. The molecule has 108 valence electrons. The molecule has 0 bridgehead atoms. The molecule has 1 aromatic rings. The van der Waals surface area contributed by atoms with Crippen LogP contribution in [0.5, 0.6) is 5.75 Å². The molecule has 1 aromatic carbocycles. The topological polar surface area (TPSA) is 21.6 Å². The smallest absolute Gasteiger partial charge is 0.131 e. The highest BCUT2D eigenvalue weighted by Crippen LogP contribution is 2.22. The summed E-state index contributed by atoms with van der Waals surface area (Å²) in [6.07, 6.45) is 2.06. The van der Waals surface area contributed by atoms with Gasteiger partial charge in [0.1, 0.15) is 11.6 Å². The van der Waals surface area contributed by atoms with Crippen LogP contribution in [0.15, 0.2) is 41.4 Å². The van der Waals surface area contributed by atoms with E-state index in [-0.39, 0.29) is 5.82 Å². The highest BCUT2D eigenvalue weighted by molar-refractivity contribution is 6.02. The molecule has 2 aliphatic carbocycles. The second kappa shape index (κ2) is 5.68. The number of ether oxygens (including phenoxy) is 1. The fraction of sp³-hybridized carbons (Fsp3) is 0.278. The lowest BCUT2D eigenvalue weighted by Gasteiger charge is -2.16. The van der Waals surface area contributed by atoms with Crippen LogP contribution in [0.3, 0.4) is 0 Å². The van der Waals surface area contributed by atoms with Crippen LogP contribution in [0.4, 0.5) is 4.39 Å². The van der Waals surface area contributed by atoms with Crippen molar-refractivity contribution in [3.63, 3.8) is 0 Å². The fourth-order valence-electron chi connectivity index (χ4n) is 2.61. The summed E-state index contributed by atoms with van der Waals surface area (Å²) in [6, 6.07) is 11.5. The van der Waals surface area contributed by atoms with E-state index in [0.717, 1.165) is 35.6 Å². The van der Waals surface area contributed by atoms with E-state index in [0.29, 0.717) is 0 Å². The molecule has 0 spiro atoms. The van der Waals surface area contributed by atoms with Crippen molar-refractivity contribution in [2.75, 3.05) is 13.7 Å². The molecule has 0 fully saturated rings. The van der Waals surface area contributed by atoms with Crippen molar-refractivity contribution in [1.82, 2.24) is 0 Å². The van der Waals surface area contributed by atoms with E-state index < -0.39 is 0 Å². The molecular weight excluding hydrogens is 265 g/mol. The molecule has 3 heteroatoms. The van der Waals surface area contributed by atoms with Gasteiger partial charge < -0.3 is 4.74 Å². The van der Waals surface area contributed by atoms with Crippen LogP contribution in [-0.2, 0) is 6.42 Å². The van der Waals surface area contributed by atoms with E-state index in [9.17, 15) is 4.39 Å². The fourth-order valence-corrected chi connectivity index (χ4v) is 2.61. The molecule has 21 heavy (non-hydrogen) atoms. The Balaban J connectivity index is 0.000000156. The first-order chi connectivity index (χ1) is 10.2. The Morgan fingerprint density at radius 3 is 2.52 bits per heavy atom. The molecule has 0 saturated carbocycles. The Bertz CT molecular complexity index is 795. The zero-order valence-electron chi connectivity index (χ0n) is 12.3. The number of fused-ring (bicyclic) bond motifs is 1. The van der Waals surface area contributed by atoms with Gasteiger partial charge in [0.25, 0.3) is 0 Å². The number of hydrogen-bond acceptors (Lipinski definition) is 2. The van der Waals surface area contributed by atoms with Crippen molar-refractivity contribution in [1.29, 1.82) is 0 Å². The highest BCUT2D eigenvalue weighted by Gasteiger charge is 2.12. The second-order valence-electron chi connectivity index (χ2n) is 5.15. The van der Waals surface area contributed by atoms with E-state index in [1.807, 2.05) is 12.1 Å². The zero-order chi connectivity index (χ0) is 14.8. The molecule has 0 saturated heterocycles. The van der Waals surface area contributed by atoms with Crippen LogP contribution in [0.1, 0.15) is 24.5 Å². The van der Waals surface area contributed by atoms with Crippen LogP contribution in [0.25, 0.3) is 0 Å². The molecule has 4 rings (SSSR count). The number of methoxy groups -OCH3 is 1. The normalized spacial score (nSPS) is 13.6. The number of aliphatic imine (C=N–C) groups is 1. The maximum absolute atomic E-state index is 12.0. The van der Waals surface area contributed by atoms with Gasteiger partial charge in [0.15, 0.2) is 0 Å². The van der Waals surface area contributed by atoms with Crippen molar-refractivity contribution in [3.05, 3.63) is 63.8 Å². The van der Waals surface area contributed by atoms with Gasteiger partial charge in [0, 0.05) is 23.0 Å². The van der Waals surface area contributed by atoms with Gasteiger partial charge in [0.2, 0.25) is 0 Å². The quantitative estimate of drug-likeness (QED) is 0.699. The standard InChI is InChI=1S/C12H15NO.C6H3F/c1-3-12-11-8-10(14-2)5-4-9(11)6-7-13-12;7-6-3-4-1-2-5(4)6/h4-5,8H,3,6-7H2,1-2H3;1-3H. The Hall–Kier alpha value is -2.16. The first-order valence-electron chi connectivity index (χ1n) is 7.23. The minimum atomic E-state index is -0.0579. The van der Waals surface area contributed by atoms with E-state index in [4.69, 9.17) is 4.74 Å². The summed E-state index contributed by atoms with van der Waals surface area (Å²) >= 11 is 0. The van der Waals surface area contributed by atoms with Crippen LogP contribution < -0.4 is 4.74 Å². The van der Waals surface area contributed by atoms with Crippen molar-refractivity contribution < 1.29 is 9.13 Å². The molecule has 1 aliphatic heterocycles. The highest BCUT2D eigenvalue weighted by atomic mass is 19.1. The summed E-state index contributed by atoms with van der Waals surface area (Å²) in [5.41, 5.74) is 3.89. The summed E-state index contributed by atoms with van der Waals surface area (Å²) in [6.45, 7) is 3.08. The Labute approximate surface area is 123 Å². The molecule has 0 aromatic heterocycles. The predicted octanol–water partition coefficient (Wildman–Crippen LogP) is 3.88. The van der Waals surface area contributed by atoms with Gasteiger partial charge in [-0.2, -0.15) is 0 Å². The summed E-state index contributed by atoms with van der Waals surface area (Å²) in [7, 11) is 1.70. The molecular formula is C18H18FNO. The van der Waals surface area contributed by atoms with Gasteiger partial charge in [-0.05, 0) is 41.8 Å². The lowest BCUT2D eigenvalue weighted by Crippen LogP contribution is -2.12. The number of rotatable bonds is 2. The molecule has 0 N–H and O–H groups in total.